The lowest BCUT2D eigenvalue weighted by atomic mass is 9.43. The molecule has 220 valence electrons. The van der Waals surface area contributed by atoms with E-state index in [0.717, 1.165) is 23.7 Å². The first-order valence-electron chi connectivity index (χ1n) is 17.5. The van der Waals surface area contributed by atoms with Crippen LogP contribution in [0.2, 0.25) is 0 Å². The van der Waals surface area contributed by atoms with Crippen molar-refractivity contribution in [3.63, 3.8) is 0 Å². The summed E-state index contributed by atoms with van der Waals surface area (Å²) in [6.45, 7) is 0. The molecule has 0 heterocycles. The summed E-state index contributed by atoms with van der Waals surface area (Å²) in [5.74, 6) is 3.33. The predicted molar refractivity (Wildman–Crippen MR) is 193 cm³/mol. The molecule has 0 aromatic heterocycles. The zero-order valence-electron chi connectivity index (χ0n) is 26.0. The second-order valence-corrected chi connectivity index (χ2v) is 14.8. The molecule has 5 aliphatic rings. The van der Waals surface area contributed by atoms with E-state index < -0.39 is 0 Å². The molecule has 0 atom stereocenters. The average Bonchev–Trinajstić information content (AvgIpc) is 3.41. The highest BCUT2D eigenvalue weighted by atomic mass is 14.6. The molecule has 0 unspecified atom stereocenters. The summed E-state index contributed by atoms with van der Waals surface area (Å²) in [5.41, 5.74) is 11.8. The van der Waals surface area contributed by atoms with Crippen LogP contribution in [0.4, 0.5) is 0 Å². The molecule has 46 heavy (non-hydrogen) atoms. The maximum atomic E-state index is 2.55. The minimum absolute atomic E-state index is 0.116. The molecular weight excluding hydrogens is 553 g/mol. The van der Waals surface area contributed by atoms with Gasteiger partial charge in [0.05, 0.1) is 0 Å². The summed E-state index contributed by atoms with van der Waals surface area (Å²) in [5, 5.41) is 8.24. The van der Waals surface area contributed by atoms with Crippen LogP contribution in [0.5, 0.6) is 0 Å². The van der Waals surface area contributed by atoms with E-state index >= 15 is 0 Å². The van der Waals surface area contributed by atoms with Gasteiger partial charge in [-0.1, -0.05) is 127 Å². The fraction of sp³-hybridized carbons (Fsp3) is 0.217. The Kier molecular flexibility index (Phi) is 5.10. The first-order valence-corrected chi connectivity index (χ1v) is 17.5. The third kappa shape index (κ3) is 3.15. The van der Waals surface area contributed by atoms with Crippen LogP contribution in [0.3, 0.4) is 0 Å². The molecule has 0 heteroatoms. The monoisotopic (exact) mass is 588 g/mol. The third-order valence-corrected chi connectivity index (χ3v) is 12.8. The van der Waals surface area contributed by atoms with Crippen molar-refractivity contribution in [3.05, 3.63) is 145 Å². The Morgan fingerprint density at radius 2 is 0.935 bits per heavy atom. The van der Waals surface area contributed by atoms with E-state index in [0.29, 0.717) is 0 Å². The van der Waals surface area contributed by atoms with Gasteiger partial charge in [0.1, 0.15) is 0 Å². The van der Waals surface area contributed by atoms with Crippen molar-refractivity contribution in [1.29, 1.82) is 0 Å². The first kappa shape index (κ1) is 25.5. The van der Waals surface area contributed by atoms with Gasteiger partial charge in [-0.2, -0.15) is 0 Å². The molecule has 0 N–H and O–H groups in total. The van der Waals surface area contributed by atoms with Crippen LogP contribution in [-0.4, -0.2) is 0 Å². The van der Waals surface area contributed by atoms with Gasteiger partial charge >= 0.3 is 0 Å². The van der Waals surface area contributed by atoms with E-state index in [1.54, 1.807) is 11.1 Å². The number of rotatable bonds is 2. The second kappa shape index (κ2) is 9.20. The highest BCUT2D eigenvalue weighted by molar-refractivity contribution is 6.23. The summed E-state index contributed by atoms with van der Waals surface area (Å²) in [6, 6.07) is 50.9. The molecule has 12 rings (SSSR count). The molecule has 0 aliphatic heterocycles. The standard InChI is InChI=1S/C46H36/c1-2-12-30(13-3-1)42-35-16-6-8-18-37(35)43(38-19-9-7-17-36(38)42)40-27-31-14-4-5-15-34(31)45-44(40)39-20-10-11-21-41(39)46(45)32-23-28-22-29(25-32)26-33(46)24-28/h1-21,27-29,32-33H,22-26H2. The van der Waals surface area contributed by atoms with E-state index in [1.165, 1.54) is 97.8 Å². The van der Waals surface area contributed by atoms with Crippen LogP contribution in [0.15, 0.2) is 133 Å². The lowest BCUT2D eigenvalue weighted by Crippen LogP contribution is -2.55. The fourth-order valence-electron chi connectivity index (χ4n) is 11.6. The fourth-order valence-corrected chi connectivity index (χ4v) is 11.6. The van der Waals surface area contributed by atoms with Crippen LogP contribution in [0.25, 0.3) is 65.7 Å². The zero-order valence-corrected chi connectivity index (χ0v) is 26.0. The van der Waals surface area contributed by atoms with E-state index in [2.05, 4.69) is 133 Å². The Morgan fingerprint density at radius 1 is 0.413 bits per heavy atom. The van der Waals surface area contributed by atoms with E-state index in [9.17, 15) is 0 Å². The van der Waals surface area contributed by atoms with Gasteiger partial charge < -0.3 is 0 Å². The molecule has 4 fully saturated rings. The molecule has 0 saturated heterocycles. The third-order valence-electron chi connectivity index (χ3n) is 12.8. The first-order chi connectivity index (χ1) is 22.8. The zero-order chi connectivity index (χ0) is 30.0. The van der Waals surface area contributed by atoms with E-state index in [4.69, 9.17) is 0 Å². The van der Waals surface area contributed by atoms with Crippen molar-refractivity contribution < 1.29 is 0 Å². The van der Waals surface area contributed by atoms with Gasteiger partial charge in [-0.15, -0.1) is 0 Å². The molecule has 7 aromatic carbocycles. The maximum absolute atomic E-state index is 2.55. The molecule has 0 amide bonds. The summed E-state index contributed by atoms with van der Waals surface area (Å²) in [7, 11) is 0. The highest BCUT2D eigenvalue weighted by Gasteiger charge is 2.62. The Balaban J connectivity index is 1.33. The molecule has 4 saturated carbocycles. The molecule has 0 nitrogen and oxygen atoms in total. The number of benzene rings is 7. The maximum Gasteiger partial charge on any atom is 0.0278 e. The quantitative estimate of drug-likeness (QED) is 0.176. The van der Waals surface area contributed by atoms with E-state index in [1.807, 2.05) is 0 Å². The van der Waals surface area contributed by atoms with Gasteiger partial charge in [-0.25, -0.2) is 0 Å². The minimum Gasteiger partial charge on any atom is -0.0622 e. The molecule has 4 bridgehead atoms. The molecule has 5 aliphatic carbocycles. The highest BCUT2D eigenvalue weighted by Crippen LogP contribution is 2.71. The summed E-state index contributed by atoms with van der Waals surface area (Å²) in [6.07, 6.45) is 7.08. The smallest absolute Gasteiger partial charge is 0.0278 e. The molecule has 7 aromatic rings. The lowest BCUT2D eigenvalue weighted by molar-refractivity contribution is -0.0393. The van der Waals surface area contributed by atoms with Crippen LogP contribution < -0.4 is 0 Å². The number of hydrogen-bond donors (Lipinski definition) is 0. The molecule has 0 radical (unpaired) electrons. The Labute approximate surface area is 270 Å². The lowest BCUT2D eigenvalue weighted by Gasteiger charge is -2.61. The molecular formula is C46H36. The van der Waals surface area contributed by atoms with Crippen LogP contribution >= 0.6 is 0 Å². The largest absolute Gasteiger partial charge is 0.0622 e. The number of fused-ring (bicyclic) bond motifs is 7. The van der Waals surface area contributed by atoms with E-state index in [-0.39, 0.29) is 5.41 Å². The topological polar surface area (TPSA) is 0 Å². The van der Waals surface area contributed by atoms with Crippen molar-refractivity contribution in [3.8, 4) is 33.4 Å². The molecule has 1 spiro atoms. The second-order valence-electron chi connectivity index (χ2n) is 14.8. The SMILES string of the molecule is c1ccc(-c2c3ccccc3c(-c3cc4ccccc4c4c3-c3ccccc3C43C4CC5CC(C4)CC3C5)c3ccccc23)cc1. The number of hydrogen-bond acceptors (Lipinski definition) is 0. The van der Waals surface area contributed by atoms with Crippen LogP contribution in [0.1, 0.15) is 43.2 Å². The Bertz CT molecular complexity index is 2290. The predicted octanol–water partition coefficient (Wildman–Crippen LogP) is 12.2. The summed E-state index contributed by atoms with van der Waals surface area (Å²) in [4.78, 5) is 0. The van der Waals surface area contributed by atoms with Crippen molar-refractivity contribution in [2.75, 3.05) is 0 Å². The van der Waals surface area contributed by atoms with Gasteiger partial charge in [0, 0.05) is 5.41 Å². The van der Waals surface area contributed by atoms with Crippen LogP contribution in [0, 0.1) is 23.7 Å². The normalized spacial score (nSPS) is 25.5. The van der Waals surface area contributed by atoms with Gasteiger partial charge in [0.25, 0.3) is 0 Å². The Morgan fingerprint density at radius 3 is 1.59 bits per heavy atom. The van der Waals surface area contributed by atoms with Crippen molar-refractivity contribution in [1.82, 2.24) is 0 Å². The summed E-state index contributed by atoms with van der Waals surface area (Å²) >= 11 is 0. The van der Waals surface area contributed by atoms with Gasteiger partial charge in [0.2, 0.25) is 0 Å². The minimum atomic E-state index is 0.116. The summed E-state index contributed by atoms with van der Waals surface area (Å²) < 4.78 is 0. The Hall–Kier alpha value is -4.68. The van der Waals surface area contributed by atoms with Crippen molar-refractivity contribution in [2.45, 2.75) is 37.5 Å². The van der Waals surface area contributed by atoms with Crippen molar-refractivity contribution >= 4 is 32.3 Å². The average molecular weight is 589 g/mol. The van der Waals surface area contributed by atoms with Crippen molar-refractivity contribution in [2.24, 2.45) is 23.7 Å². The van der Waals surface area contributed by atoms with Gasteiger partial charge in [-0.05, 0) is 139 Å². The van der Waals surface area contributed by atoms with Gasteiger partial charge in [0.15, 0.2) is 0 Å². The van der Waals surface area contributed by atoms with Crippen LogP contribution in [-0.2, 0) is 5.41 Å². The van der Waals surface area contributed by atoms with Gasteiger partial charge in [-0.3, -0.25) is 0 Å².